The van der Waals surface area contributed by atoms with E-state index < -0.39 is 0 Å². The molecule has 3 nitrogen and oxygen atoms in total. The van der Waals surface area contributed by atoms with E-state index in [1.165, 1.54) is 12.8 Å². The number of carbonyl (C=O) groups excluding carboxylic acids is 1. The molecular weight excluding hydrogens is 216 g/mol. The number of hydrogen-bond acceptors (Lipinski definition) is 3. The summed E-state index contributed by atoms with van der Waals surface area (Å²) >= 11 is 0. The summed E-state index contributed by atoms with van der Waals surface area (Å²) in [5, 5.41) is 0. The van der Waals surface area contributed by atoms with Crippen LogP contribution >= 0.6 is 0 Å². The van der Waals surface area contributed by atoms with Crippen molar-refractivity contribution in [2.75, 3.05) is 13.9 Å². The van der Waals surface area contributed by atoms with Crippen molar-refractivity contribution < 1.29 is 14.3 Å². The average Bonchev–Trinajstić information content (AvgIpc) is 2.82. The number of ketones is 1. The molecule has 0 bridgehead atoms. The van der Waals surface area contributed by atoms with Gasteiger partial charge < -0.3 is 9.47 Å². The molecule has 3 atom stereocenters. The Morgan fingerprint density at radius 2 is 2.24 bits per heavy atom. The van der Waals surface area contributed by atoms with Crippen LogP contribution in [0.3, 0.4) is 0 Å². The zero-order chi connectivity index (χ0) is 12.1. The molecule has 3 aliphatic carbocycles. The summed E-state index contributed by atoms with van der Waals surface area (Å²) in [6, 6.07) is 0. The second-order valence-electron chi connectivity index (χ2n) is 5.90. The molecule has 0 aromatic rings. The van der Waals surface area contributed by atoms with E-state index in [9.17, 15) is 4.79 Å². The molecule has 3 heteroatoms. The van der Waals surface area contributed by atoms with Gasteiger partial charge in [-0.25, -0.2) is 0 Å². The molecule has 94 valence electrons. The van der Waals surface area contributed by atoms with Crippen molar-refractivity contribution in [2.24, 2.45) is 10.8 Å². The summed E-state index contributed by atoms with van der Waals surface area (Å²) in [5.74, 6) is 0.301. The molecule has 0 radical (unpaired) electrons. The smallest absolute Gasteiger partial charge is 0.159 e. The Labute approximate surface area is 102 Å². The van der Waals surface area contributed by atoms with E-state index in [0.717, 1.165) is 24.8 Å². The SMILES string of the molecule is C=C1C(=O)C[C@]23CCC[C@@]12CC(OCOC)C3. The summed E-state index contributed by atoms with van der Waals surface area (Å²) < 4.78 is 10.7. The molecule has 0 saturated heterocycles. The Bertz CT molecular complexity index is 376. The highest BCUT2D eigenvalue weighted by Crippen LogP contribution is 2.71. The molecule has 0 aromatic carbocycles. The number of carbonyl (C=O) groups is 1. The monoisotopic (exact) mass is 236 g/mol. The number of ether oxygens (including phenoxy) is 2. The molecule has 0 amide bonds. The van der Waals surface area contributed by atoms with Crippen LogP contribution in [0.15, 0.2) is 12.2 Å². The van der Waals surface area contributed by atoms with Gasteiger partial charge in [-0.3, -0.25) is 4.79 Å². The summed E-state index contributed by atoms with van der Waals surface area (Å²) in [7, 11) is 1.65. The molecule has 0 aliphatic heterocycles. The molecule has 3 fully saturated rings. The lowest BCUT2D eigenvalue weighted by atomic mass is 9.69. The summed E-state index contributed by atoms with van der Waals surface area (Å²) in [5.41, 5.74) is 1.14. The second kappa shape index (κ2) is 3.66. The van der Waals surface area contributed by atoms with Crippen LogP contribution in [0, 0.1) is 10.8 Å². The lowest BCUT2D eigenvalue weighted by Gasteiger charge is -2.33. The van der Waals surface area contributed by atoms with Gasteiger partial charge in [-0.1, -0.05) is 13.0 Å². The topological polar surface area (TPSA) is 35.5 Å². The van der Waals surface area contributed by atoms with Gasteiger partial charge in [0.15, 0.2) is 5.78 Å². The van der Waals surface area contributed by atoms with Gasteiger partial charge in [0.1, 0.15) is 6.79 Å². The normalized spacial score (nSPS) is 44.2. The Balaban J connectivity index is 1.86. The minimum atomic E-state index is 0.0719. The summed E-state index contributed by atoms with van der Waals surface area (Å²) in [6.07, 6.45) is 6.49. The molecule has 0 heterocycles. The Kier molecular flexibility index (Phi) is 2.46. The third kappa shape index (κ3) is 1.33. The summed E-state index contributed by atoms with van der Waals surface area (Å²) in [4.78, 5) is 11.9. The molecule has 3 rings (SSSR count). The van der Waals surface area contributed by atoms with Crippen LogP contribution in [0.25, 0.3) is 0 Å². The zero-order valence-corrected chi connectivity index (χ0v) is 10.5. The van der Waals surface area contributed by atoms with Gasteiger partial charge in [-0.15, -0.1) is 0 Å². The van der Waals surface area contributed by atoms with E-state index in [1.807, 2.05) is 0 Å². The predicted octanol–water partition coefficient (Wildman–Crippen LogP) is 2.46. The highest BCUT2D eigenvalue weighted by atomic mass is 16.7. The average molecular weight is 236 g/mol. The quantitative estimate of drug-likeness (QED) is 0.558. The molecule has 1 unspecified atom stereocenters. The Hall–Kier alpha value is -0.670. The van der Waals surface area contributed by atoms with Crippen molar-refractivity contribution in [3.8, 4) is 0 Å². The van der Waals surface area contributed by atoms with Gasteiger partial charge in [-0.05, 0) is 36.7 Å². The maximum absolute atomic E-state index is 11.9. The fraction of sp³-hybridized carbons (Fsp3) is 0.786. The van der Waals surface area contributed by atoms with E-state index in [1.54, 1.807) is 7.11 Å². The maximum atomic E-state index is 11.9. The van der Waals surface area contributed by atoms with Gasteiger partial charge in [0.05, 0.1) is 6.10 Å². The zero-order valence-electron chi connectivity index (χ0n) is 10.5. The number of hydrogen-bond donors (Lipinski definition) is 0. The van der Waals surface area contributed by atoms with Crippen molar-refractivity contribution in [3.05, 3.63) is 12.2 Å². The fourth-order valence-corrected chi connectivity index (χ4v) is 4.63. The Morgan fingerprint density at radius 1 is 1.41 bits per heavy atom. The van der Waals surface area contributed by atoms with Crippen molar-refractivity contribution in [2.45, 2.75) is 44.6 Å². The van der Waals surface area contributed by atoms with Gasteiger partial charge in [0.25, 0.3) is 0 Å². The third-order valence-electron chi connectivity index (χ3n) is 5.30. The van der Waals surface area contributed by atoms with Crippen molar-refractivity contribution in [1.29, 1.82) is 0 Å². The van der Waals surface area contributed by atoms with Crippen LogP contribution in [0.2, 0.25) is 0 Å². The van der Waals surface area contributed by atoms with Crippen LogP contribution in [0.4, 0.5) is 0 Å². The van der Waals surface area contributed by atoms with Gasteiger partial charge in [-0.2, -0.15) is 0 Å². The van der Waals surface area contributed by atoms with E-state index in [2.05, 4.69) is 6.58 Å². The molecule has 0 spiro atoms. The first-order valence-corrected chi connectivity index (χ1v) is 6.47. The fourth-order valence-electron chi connectivity index (χ4n) is 4.63. The van der Waals surface area contributed by atoms with Crippen molar-refractivity contribution in [3.63, 3.8) is 0 Å². The number of methoxy groups -OCH3 is 1. The largest absolute Gasteiger partial charge is 0.359 e. The first kappa shape index (κ1) is 11.4. The van der Waals surface area contributed by atoms with E-state index in [4.69, 9.17) is 9.47 Å². The Morgan fingerprint density at radius 3 is 2.94 bits per heavy atom. The van der Waals surface area contributed by atoms with Crippen LogP contribution < -0.4 is 0 Å². The third-order valence-corrected chi connectivity index (χ3v) is 5.30. The lowest BCUT2D eigenvalue weighted by Crippen LogP contribution is -2.26. The van der Waals surface area contributed by atoms with Gasteiger partial charge in [0, 0.05) is 18.9 Å². The maximum Gasteiger partial charge on any atom is 0.159 e. The first-order chi connectivity index (χ1) is 8.13. The first-order valence-electron chi connectivity index (χ1n) is 6.47. The van der Waals surface area contributed by atoms with Gasteiger partial charge >= 0.3 is 0 Å². The van der Waals surface area contributed by atoms with Crippen LogP contribution in [-0.4, -0.2) is 25.8 Å². The van der Waals surface area contributed by atoms with E-state index >= 15 is 0 Å². The molecule has 0 aromatic heterocycles. The second-order valence-corrected chi connectivity index (χ2v) is 5.90. The number of allylic oxidation sites excluding steroid dienone is 1. The molecule has 3 aliphatic rings. The lowest BCUT2D eigenvalue weighted by molar-refractivity contribution is -0.116. The van der Waals surface area contributed by atoms with Crippen LogP contribution in [-0.2, 0) is 14.3 Å². The van der Waals surface area contributed by atoms with Crippen molar-refractivity contribution >= 4 is 5.78 Å². The van der Waals surface area contributed by atoms with E-state index in [-0.39, 0.29) is 16.9 Å². The summed E-state index contributed by atoms with van der Waals surface area (Å²) in [6.45, 7) is 4.44. The molecule has 17 heavy (non-hydrogen) atoms. The number of Topliss-reactive ketones (excluding diaryl/α,β-unsaturated/α-hetero) is 1. The molecule has 3 saturated carbocycles. The van der Waals surface area contributed by atoms with Crippen LogP contribution in [0.1, 0.15) is 38.5 Å². The van der Waals surface area contributed by atoms with Gasteiger partial charge in [0.2, 0.25) is 0 Å². The minimum absolute atomic E-state index is 0.0719. The molecular formula is C14H20O3. The van der Waals surface area contributed by atoms with E-state index in [0.29, 0.717) is 19.0 Å². The standard InChI is InChI=1S/C14H20O3/c1-10-12(15)8-13-4-3-5-14(10,13)7-11(6-13)17-9-16-2/h11H,1,3-9H2,2H3/t11?,13-,14-/m1/s1. The van der Waals surface area contributed by atoms with Crippen LogP contribution in [0.5, 0.6) is 0 Å². The minimum Gasteiger partial charge on any atom is -0.359 e. The highest BCUT2D eigenvalue weighted by molar-refractivity contribution is 6.00. The molecule has 0 N–H and O–H groups in total. The predicted molar refractivity (Wildman–Crippen MR) is 63.5 cm³/mol. The number of rotatable bonds is 3. The highest BCUT2D eigenvalue weighted by Gasteiger charge is 2.67. The van der Waals surface area contributed by atoms with Crippen molar-refractivity contribution in [1.82, 2.24) is 0 Å².